The molecule has 1 aromatic heterocycles. The Hall–Kier alpha value is -2.29. The van der Waals surface area contributed by atoms with Crippen LogP contribution in [0.1, 0.15) is 33.3 Å². The Bertz CT molecular complexity index is 647. The molecule has 3 heteroatoms. The summed E-state index contributed by atoms with van der Waals surface area (Å²) in [5.41, 5.74) is 2.98. The number of hydrogen-bond acceptors (Lipinski definition) is 2. The summed E-state index contributed by atoms with van der Waals surface area (Å²) in [5, 5.41) is 0. The van der Waals surface area contributed by atoms with Gasteiger partial charge in [-0.05, 0) is 44.0 Å². The molecule has 0 saturated carbocycles. The van der Waals surface area contributed by atoms with Gasteiger partial charge in [-0.2, -0.15) is 0 Å². The number of aliphatic imine (C=N–C) groups is 2. The molecule has 0 aliphatic rings. The van der Waals surface area contributed by atoms with Crippen molar-refractivity contribution in [1.82, 2.24) is 4.98 Å². The molecule has 0 N–H and O–H groups in total. The summed E-state index contributed by atoms with van der Waals surface area (Å²) < 4.78 is 0. The highest BCUT2D eigenvalue weighted by atomic mass is 14.9. The fourth-order valence-corrected chi connectivity index (χ4v) is 2.27. The van der Waals surface area contributed by atoms with E-state index in [1.54, 1.807) is 19.4 Å². The molecule has 0 aliphatic heterocycles. The first-order valence-electron chi connectivity index (χ1n) is 7.04. The Morgan fingerprint density at radius 2 is 1.67 bits per heavy atom. The van der Waals surface area contributed by atoms with Gasteiger partial charge in [0.1, 0.15) is 5.84 Å². The minimum atomic E-state index is -0.256. The normalized spacial score (nSPS) is 13.3. The van der Waals surface area contributed by atoms with Crippen molar-refractivity contribution in [2.24, 2.45) is 9.98 Å². The predicted molar refractivity (Wildman–Crippen MR) is 91.4 cm³/mol. The van der Waals surface area contributed by atoms with E-state index in [2.05, 4.69) is 36.0 Å². The molecule has 0 unspecified atom stereocenters. The van der Waals surface area contributed by atoms with Gasteiger partial charge in [-0.1, -0.05) is 30.3 Å². The Morgan fingerprint density at radius 3 is 2.24 bits per heavy atom. The van der Waals surface area contributed by atoms with Crippen molar-refractivity contribution in [3.05, 3.63) is 66.0 Å². The molecule has 2 rings (SSSR count). The number of amidine groups is 1. The maximum atomic E-state index is 4.76. The first kappa shape index (κ1) is 15.1. The van der Waals surface area contributed by atoms with E-state index < -0.39 is 0 Å². The molecule has 3 nitrogen and oxygen atoms in total. The summed E-state index contributed by atoms with van der Waals surface area (Å²) in [7, 11) is 1.79. The Morgan fingerprint density at radius 1 is 1.05 bits per heavy atom. The molecule has 21 heavy (non-hydrogen) atoms. The van der Waals surface area contributed by atoms with Crippen molar-refractivity contribution < 1.29 is 1.43 Å². The van der Waals surface area contributed by atoms with E-state index in [-0.39, 0.29) is 6.84 Å². The fraction of sp³-hybridized carbons (Fsp3) is 0.278. The van der Waals surface area contributed by atoms with Gasteiger partial charge >= 0.3 is 0 Å². The number of benzene rings is 1. The molecule has 0 bridgehead atoms. The van der Waals surface area contributed by atoms with Gasteiger partial charge in [0.15, 0.2) is 0 Å². The van der Waals surface area contributed by atoms with Crippen LogP contribution in [0.3, 0.4) is 0 Å². The number of aromatic nitrogens is 1. The lowest BCUT2D eigenvalue weighted by atomic mass is 9.84. The van der Waals surface area contributed by atoms with E-state index in [9.17, 15) is 0 Å². The van der Waals surface area contributed by atoms with Gasteiger partial charge in [0, 0.05) is 32.0 Å². The molecule has 0 amide bonds. The van der Waals surface area contributed by atoms with Crippen molar-refractivity contribution in [3.63, 3.8) is 0 Å². The first-order chi connectivity index (χ1) is 10.1. The predicted octanol–water partition coefficient (Wildman–Crippen LogP) is 4.14. The molecule has 2 aromatic rings. The van der Waals surface area contributed by atoms with E-state index in [1.165, 1.54) is 0 Å². The van der Waals surface area contributed by atoms with E-state index in [1.807, 2.05) is 37.3 Å². The third-order valence-corrected chi connectivity index (χ3v) is 3.64. The number of nitrogens with zero attached hydrogens (tertiary/aromatic N) is 3. The average molecular weight is 281 g/mol. The minimum absolute atomic E-state index is 0. The molecule has 0 spiro atoms. The van der Waals surface area contributed by atoms with Gasteiger partial charge in [-0.25, -0.2) is 4.99 Å². The molecular formula is C18H23N3. The van der Waals surface area contributed by atoms with E-state index in [0.29, 0.717) is 0 Å². The lowest BCUT2D eigenvalue weighted by Gasteiger charge is -2.24. The monoisotopic (exact) mass is 281 g/mol. The second-order valence-electron chi connectivity index (χ2n) is 5.47. The Kier molecular flexibility index (Phi) is 4.63. The number of pyridine rings is 1. The van der Waals surface area contributed by atoms with Gasteiger partial charge in [-0.15, -0.1) is 0 Å². The van der Waals surface area contributed by atoms with Gasteiger partial charge in [-0.3, -0.25) is 9.98 Å². The maximum Gasteiger partial charge on any atom is 0.133 e. The van der Waals surface area contributed by atoms with Crippen LogP contribution in [0.25, 0.3) is 0 Å². The molecule has 0 saturated heterocycles. The van der Waals surface area contributed by atoms with Crippen molar-refractivity contribution in [2.75, 3.05) is 7.05 Å². The standard InChI is InChI=1S/C18H21N3.H2/c1-14(15-8-6-5-7-9-15)21-17(19-4)18(2,3)16-10-12-20-13-11-16;/h5-13H,1-4H3;1H. The van der Waals surface area contributed by atoms with Crippen LogP contribution >= 0.6 is 0 Å². The average Bonchev–Trinajstić information content (AvgIpc) is 2.53. The SMILES string of the molecule is CN=C(N=C(C)c1ccccc1)C(C)(C)c1ccncc1.[HH]. The van der Waals surface area contributed by atoms with Crippen molar-refractivity contribution in [2.45, 2.75) is 26.2 Å². The summed E-state index contributed by atoms with van der Waals surface area (Å²) in [6.45, 7) is 6.28. The second kappa shape index (κ2) is 6.44. The lowest BCUT2D eigenvalue weighted by Crippen LogP contribution is -2.28. The molecule has 0 atom stereocenters. The summed E-state index contributed by atoms with van der Waals surface area (Å²) >= 11 is 0. The Labute approximate surface area is 128 Å². The fourth-order valence-electron chi connectivity index (χ4n) is 2.27. The van der Waals surface area contributed by atoms with Crippen molar-refractivity contribution in [1.29, 1.82) is 0 Å². The molecule has 0 aliphatic carbocycles. The van der Waals surface area contributed by atoms with Gasteiger partial charge < -0.3 is 0 Å². The summed E-state index contributed by atoms with van der Waals surface area (Å²) in [6, 6.07) is 14.2. The van der Waals surface area contributed by atoms with Crippen LogP contribution in [0.5, 0.6) is 0 Å². The topological polar surface area (TPSA) is 37.6 Å². The Balaban J connectivity index is 0.00000242. The van der Waals surface area contributed by atoms with Gasteiger partial charge in [0.25, 0.3) is 0 Å². The van der Waals surface area contributed by atoms with E-state index in [4.69, 9.17) is 4.99 Å². The largest absolute Gasteiger partial charge is 0.273 e. The lowest BCUT2D eigenvalue weighted by molar-refractivity contribution is 0.706. The maximum absolute atomic E-state index is 4.76. The minimum Gasteiger partial charge on any atom is -0.273 e. The van der Waals surface area contributed by atoms with Crippen LogP contribution < -0.4 is 0 Å². The molecular weight excluding hydrogens is 258 g/mol. The highest BCUT2D eigenvalue weighted by Crippen LogP contribution is 2.25. The van der Waals surface area contributed by atoms with Crippen LogP contribution in [0, 0.1) is 0 Å². The zero-order chi connectivity index (χ0) is 15.3. The first-order valence-corrected chi connectivity index (χ1v) is 7.04. The van der Waals surface area contributed by atoms with Crippen LogP contribution in [0.4, 0.5) is 0 Å². The highest BCUT2D eigenvalue weighted by Gasteiger charge is 2.27. The van der Waals surface area contributed by atoms with E-state index >= 15 is 0 Å². The number of hydrogen-bond donors (Lipinski definition) is 0. The van der Waals surface area contributed by atoms with Crippen molar-refractivity contribution in [3.8, 4) is 0 Å². The zero-order valence-corrected chi connectivity index (χ0v) is 13.0. The number of rotatable bonds is 3. The van der Waals surface area contributed by atoms with Crippen LogP contribution in [0.15, 0.2) is 64.8 Å². The van der Waals surface area contributed by atoms with E-state index in [0.717, 1.165) is 22.7 Å². The van der Waals surface area contributed by atoms with Gasteiger partial charge in [0.2, 0.25) is 0 Å². The smallest absolute Gasteiger partial charge is 0.133 e. The quantitative estimate of drug-likeness (QED) is 0.615. The zero-order valence-electron chi connectivity index (χ0n) is 13.0. The third kappa shape index (κ3) is 3.43. The summed E-state index contributed by atoms with van der Waals surface area (Å²) in [6.07, 6.45) is 3.61. The molecule has 1 aromatic carbocycles. The molecule has 0 fully saturated rings. The molecule has 110 valence electrons. The van der Waals surface area contributed by atoms with Gasteiger partial charge in [0.05, 0.1) is 0 Å². The summed E-state index contributed by atoms with van der Waals surface area (Å²) in [4.78, 5) is 13.2. The third-order valence-electron chi connectivity index (χ3n) is 3.64. The van der Waals surface area contributed by atoms with Crippen LogP contribution in [-0.4, -0.2) is 23.6 Å². The highest BCUT2D eigenvalue weighted by molar-refractivity contribution is 6.08. The molecule has 0 radical (unpaired) electrons. The molecule has 1 heterocycles. The van der Waals surface area contributed by atoms with Crippen LogP contribution in [0.2, 0.25) is 0 Å². The van der Waals surface area contributed by atoms with Crippen molar-refractivity contribution >= 4 is 11.5 Å². The van der Waals surface area contributed by atoms with Crippen LogP contribution in [-0.2, 0) is 5.41 Å². The second-order valence-corrected chi connectivity index (χ2v) is 5.47. The summed E-state index contributed by atoms with van der Waals surface area (Å²) in [5.74, 6) is 0.815.